The third-order valence-electron chi connectivity index (χ3n) is 1.98. The molecule has 15 heavy (non-hydrogen) atoms. The van der Waals surface area contributed by atoms with Gasteiger partial charge in [-0.2, -0.15) is 0 Å². The van der Waals surface area contributed by atoms with Crippen molar-refractivity contribution in [1.29, 1.82) is 0 Å². The molecule has 1 atom stereocenters. The zero-order valence-electron chi connectivity index (χ0n) is 8.85. The molecule has 0 radical (unpaired) electrons. The predicted molar refractivity (Wildman–Crippen MR) is 63.5 cm³/mol. The fourth-order valence-electron chi connectivity index (χ4n) is 1.24. The van der Waals surface area contributed by atoms with E-state index in [9.17, 15) is 4.39 Å². The van der Waals surface area contributed by atoms with Gasteiger partial charge in [0.2, 0.25) is 0 Å². The maximum absolute atomic E-state index is 13.3. The lowest BCUT2D eigenvalue weighted by Gasteiger charge is -2.12. The van der Waals surface area contributed by atoms with Gasteiger partial charge in [0.1, 0.15) is 0 Å². The smallest absolute Gasteiger partial charge is 0.166 e. The van der Waals surface area contributed by atoms with E-state index < -0.39 is 0 Å². The minimum atomic E-state index is -0.332. The molecule has 2 N–H and O–H groups in total. The van der Waals surface area contributed by atoms with E-state index in [0.29, 0.717) is 22.8 Å². The van der Waals surface area contributed by atoms with Gasteiger partial charge in [0.25, 0.3) is 0 Å². The molecular formula is C10H15BrFN3. The zero-order chi connectivity index (χ0) is 11.3. The quantitative estimate of drug-likeness (QED) is 0.866. The van der Waals surface area contributed by atoms with Crippen molar-refractivity contribution in [3.05, 3.63) is 22.6 Å². The molecule has 0 aliphatic heterocycles. The molecule has 1 rings (SSSR count). The highest BCUT2D eigenvalue weighted by Crippen LogP contribution is 2.16. The molecule has 0 bridgehead atoms. The Bertz CT molecular complexity index is 320. The van der Waals surface area contributed by atoms with Crippen molar-refractivity contribution in [1.82, 2.24) is 10.3 Å². The molecule has 84 valence electrons. The molecule has 1 aromatic rings. The average Bonchev–Trinajstić information content (AvgIpc) is 2.17. The van der Waals surface area contributed by atoms with Crippen LogP contribution in [0.4, 0.5) is 10.2 Å². The molecule has 0 fully saturated rings. The van der Waals surface area contributed by atoms with Crippen LogP contribution < -0.4 is 10.6 Å². The topological polar surface area (TPSA) is 37.0 Å². The summed E-state index contributed by atoms with van der Waals surface area (Å²) in [6.07, 6.45) is 1.58. The fraction of sp³-hybridized carbons (Fsp3) is 0.500. The maximum Gasteiger partial charge on any atom is 0.166 e. The van der Waals surface area contributed by atoms with E-state index >= 15 is 0 Å². The summed E-state index contributed by atoms with van der Waals surface area (Å²) in [7, 11) is 1.90. The molecule has 0 amide bonds. The van der Waals surface area contributed by atoms with Gasteiger partial charge in [-0.25, -0.2) is 9.37 Å². The molecule has 0 aliphatic carbocycles. The van der Waals surface area contributed by atoms with Gasteiger partial charge >= 0.3 is 0 Å². The summed E-state index contributed by atoms with van der Waals surface area (Å²) in [6.45, 7) is 3.68. The number of halogens is 2. The highest BCUT2D eigenvalue weighted by atomic mass is 79.9. The van der Waals surface area contributed by atoms with Crippen molar-refractivity contribution in [2.45, 2.75) is 6.92 Å². The van der Waals surface area contributed by atoms with Crippen LogP contribution in [-0.2, 0) is 0 Å². The summed E-state index contributed by atoms with van der Waals surface area (Å²) >= 11 is 3.16. The molecule has 1 aromatic heterocycles. The highest BCUT2D eigenvalue weighted by molar-refractivity contribution is 9.10. The summed E-state index contributed by atoms with van der Waals surface area (Å²) in [6, 6.07) is 1.40. The van der Waals surface area contributed by atoms with Crippen molar-refractivity contribution in [2.24, 2.45) is 5.92 Å². The number of hydrogen-bond donors (Lipinski definition) is 2. The van der Waals surface area contributed by atoms with E-state index in [2.05, 4.69) is 38.5 Å². The van der Waals surface area contributed by atoms with Crippen LogP contribution in [0.5, 0.6) is 0 Å². The predicted octanol–water partition coefficient (Wildman–Crippen LogP) is 2.25. The Hall–Kier alpha value is -0.680. The summed E-state index contributed by atoms with van der Waals surface area (Å²) in [5.41, 5.74) is 0. The number of nitrogens with one attached hydrogen (secondary N) is 2. The Morgan fingerprint density at radius 1 is 1.53 bits per heavy atom. The highest BCUT2D eigenvalue weighted by Gasteiger charge is 2.05. The van der Waals surface area contributed by atoms with Gasteiger partial charge in [-0.3, -0.25) is 0 Å². The van der Waals surface area contributed by atoms with E-state index in [1.54, 1.807) is 6.20 Å². The number of rotatable bonds is 5. The molecular weight excluding hydrogens is 261 g/mol. The maximum atomic E-state index is 13.3. The Labute approximate surface area is 97.6 Å². The molecule has 0 aromatic carbocycles. The minimum absolute atomic E-state index is 0.307. The molecule has 1 unspecified atom stereocenters. The van der Waals surface area contributed by atoms with Gasteiger partial charge in [0.15, 0.2) is 11.6 Å². The van der Waals surface area contributed by atoms with Crippen molar-refractivity contribution in [3.8, 4) is 0 Å². The third kappa shape index (κ3) is 4.13. The Kier molecular flexibility index (Phi) is 4.98. The van der Waals surface area contributed by atoms with Crippen molar-refractivity contribution < 1.29 is 4.39 Å². The molecule has 0 spiro atoms. The molecule has 5 heteroatoms. The zero-order valence-corrected chi connectivity index (χ0v) is 10.4. The van der Waals surface area contributed by atoms with Crippen LogP contribution in [-0.4, -0.2) is 25.1 Å². The lowest BCUT2D eigenvalue weighted by molar-refractivity contribution is 0.563. The minimum Gasteiger partial charge on any atom is -0.367 e. The largest absolute Gasteiger partial charge is 0.367 e. The van der Waals surface area contributed by atoms with Crippen molar-refractivity contribution >= 4 is 21.7 Å². The van der Waals surface area contributed by atoms with E-state index in [1.165, 1.54) is 6.07 Å². The number of aromatic nitrogens is 1. The van der Waals surface area contributed by atoms with E-state index in [0.717, 1.165) is 6.54 Å². The van der Waals surface area contributed by atoms with Crippen LogP contribution in [0.3, 0.4) is 0 Å². The first kappa shape index (κ1) is 12.4. The summed E-state index contributed by atoms with van der Waals surface area (Å²) in [4.78, 5) is 3.96. The Balaban J connectivity index is 2.50. The average molecular weight is 276 g/mol. The van der Waals surface area contributed by atoms with Gasteiger partial charge in [0, 0.05) is 17.2 Å². The number of pyridine rings is 1. The molecule has 0 saturated heterocycles. The normalized spacial score (nSPS) is 12.5. The molecule has 0 saturated carbocycles. The van der Waals surface area contributed by atoms with Crippen molar-refractivity contribution in [2.75, 3.05) is 25.5 Å². The van der Waals surface area contributed by atoms with E-state index in [-0.39, 0.29) is 5.82 Å². The van der Waals surface area contributed by atoms with Crippen LogP contribution >= 0.6 is 15.9 Å². The lowest BCUT2D eigenvalue weighted by atomic mass is 10.2. The summed E-state index contributed by atoms with van der Waals surface area (Å²) in [5, 5.41) is 6.04. The molecule has 1 heterocycles. The standard InChI is InChI=1S/C10H15BrFN3/c1-7(4-13-2)5-14-10-9(12)3-8(11)6-15-10/h3,6-7,13H,4-5H2,1-2H3,(H,14,15). The van der Waals surface area contributed by atoms with Crippen molar-refractivity contribution in [3.63, 3.8) is 0 Å². The fourth-order valence-corrected chi connectivity index (χ4v) is 1.54. The Morgan fingerprint density at radius 3 is 2.87 bits per heavy atom. The van der Waals surface area contributed by atoms with E-state index in [4.69, 9.17) is 0 Å². The first-order chi connectivity index (χ1) is 7.13. The molecule has 0 aliphatic rings. The van der Waals surface area contributed by atoms with Crippen LogP contribution in [0.25, 0.3) is 0 Å². The van der Waals surface area contributed by atoms with Crippen LogP contribution in [0.2, 0.25) is 0 Å². The third-order valence-corrected chi connectivity index (χ3v) is 2.41. The number of hydrogen-bond acceptors (Lipinski definition) is 3. The second kappa shape index (κ2) is 6.02. The van der Waals surface area contributed by atoms with E-state index in [1.807, 2.05) is 7.05 Å². The Morgan fingerprint density at radius 2 is 2.27 bits per heavy atom. The lowest BCUT2D eigenvalue weighted by Crippen LogP contribution is -2.23. The van der Waals surface area contributed by atoms with Crippen LogP contribution in [0.15, 0.2) is 16.7 Å². The van der Waals surface area contributed by atoms with Gasteiger partial charge in [-0.15, -0.1) is 0 Å². The second-order valence-electron chi connectivity index (χ2n) is 3.53. The van der Waals surface area contributed by atoms with Gasteiger partial charge in [-0.1, -0.05) is 6.92 Å². The second-order valence-corrected chi connectivity index (χ2v) is 4.44. The van der Waals surface area contributed by atoms with Crippen LogP contribution in [0.1, 0.15) is 6.92 Å². The van der Waals surface area contributed by atoms with Crippen LogP contribution in [0, 0.1) is 11.7 Å². The number of nitrogens with zero attached hydrogens (tertiary/aromatic N) is 1. The first-order valence-corrected chi connectivity index (χ1v) is 5.62. The SMILES string of the molecule is CNCC(C)CNc1ncc(Br)cc1F. The van der Waals surface area contributed by atoms with Gasteiger partial charge in [0.05, 0.1) is 0 Å². The number of anilines is 1. The molecule has 3 nitrogen and oxygen atoms in total. The van der Waals surface area contributed by atoms with Gasteiger partial charge in [-0.05, 0) is 41.5 Å². The summed E-state index contributed by atoms with van der Waals surface area (Å²) in [5.74, 6) is 0.405. The summed E-state index contributed by atoms with van der Waals surface area (Å²) < 4.78 is 14.0. The monoisotopic (exact) mass is 275 g/mol. The van der Waals surface area contributed by atoms with Gasteiger partial charge < -0.3 is 10.6 Å². The first-order valence-electron chi connectivity index (χ1n) is 4.83.